The zero-order valence-corrected chi connectivity index (χ0v) is 26.7. The SMILES string of the molecule is Nc1nc2c(ncn2[C@@H]2O[C@@H]3CO[P@@](=O)(S)OC4C[C@H](n5cnc6c(N)nc(Cl)nc65)O[C@@H]4CO[P@@](=O)(S)OC2C3O)c(=O)[nH]1. The first-order valence-electron chi connectivity index (χ1n) is 13.0. The standard InChI is InChI=1S/C20H23ClN10O10P2S2/c21-19-26-14(22)10-15(27-19)30(4-24-10)9-1-6-7(38-9)2-36-43(35,45)41-13-12(32)8(3-37-42(34,44)40-6)39-18(13)31-5-25-11-16(31)28-20(23)29-17(11)33/h4-9,12-13,18,32H,1-3H2,(H,34,44)(H,35,45)(H2,22,26,27)(H3,23,28,29,33)/t6?,7-,8-,9-,12?,13?,18-,42-,43-/m1/s1. The average Bonchev–Trinajstić information content (AvgIpc) is 3.72. The maximum Gasteiger partial charge on any atom is 0.386 e. The van der Waals surface area contributed by atoms with Crippen molar-refractivity contribution in [1.29, 1.82) is 0 Å². The van der Waals surface area contributed by atoms with Gasteiger partial charge in [0.1, 0.15) is 42.3 Å². The summed E-state index contributed by atoms with van der Waals surface area (Å²) in [6.45, 7) is -9.41. The Bertz CT molecular complexity index is 1960. The topological polar surface area (TPSA) is 269 Å². The smallest absolute Gasteiger partial charge is 0.386 e. The number of H-pyrrole nitrogens is 1. The highest BCUT2D eigenvalue weighted by Gasteiger charge is 2.51. The molecule has 0 spiro atoms. The van der Waals surface area contributed by atoms with Gasteiger partial charge in [0.05, 0.1) is 25.9 Å². The number of hydrogen-bond acceptors (Lipinski definition) is 17. The molecular weight excluding hydrogens is 702 g/mol. The van der Waals surface area contributed by atoms with Crippen LogP contribution in [0.15, 0.2) is 17.4 Å². The van der Waals surface area contributed by atoms with Crippen molar-refractivity contribution in [3.05, 3.63) is 28.3 Å². The first kappa shape index (κ1) is 31.3. The summed E-state index contributed by atoms with van der Waals surface area (Å²) in [7, 11) is 0. The van der Waals surface area contributed by atoms with E-state index >= 15 is 0 Å². The van der Waals surface area contributed by atoms with E-state index in [4.69, 9.17) is 50.6 Å². The zero-order chi connectivity index (χ0) is 31.8. The molecule has 0 aliphatic carbocycles. The van der Waals surface area contributed by atoms with E-state index in [1.54, 1.807) is 0 Å². The van der Waals surface area contributed by atoms with E-state index in [1.165, 1.54) is 21.8 Å². The van der Waals surface area contributed by atoms with Crippen LogP contribution in [0.3, 0.4) is 0 Å². The van der Waals surface area contributed by atoms with Crippen LogP contribution in [0, 0.1) is 0 Å². The van der Waals surface area contributed by atoms with E-state index in [2.05, 4.69) is 54.4 Å². The third-order valence-corrected chi connectivity index (χ3v) is 10.7. The van der Waals surface area contributed by atoms with Crippen LogP contribution in [0.4, 0.5) is 11.8 Å². The molecule has 20 nitrogen and oxygen atoms in total. The highest BCUT2D eigenvalue weighted by Crippen LogP contribution is 2.60. The molecule has 6 N–H and O–H groups in total. The zero-order valence-electron chi connectivity index (χ0n) is 22.4. The van der Waals surface area contributed by atoms with Gasteiger partial charge in [-0.05, 0) is 11.6 Å². The van der Waals surface area contributed by atoms with Crippen LogP contribution in [0.1, 0.15) is 18.9 Å². The number of nitrogens with two attached hydrogens (primary N) is 2. The van der Waals surface area contributed by atoms with Crippen molar-refractivity contribution in [2.75, 3.05) is 24.7 Å². The lowest BCUT2D eigenvalue weighted by molar-refractivity contribution is -0.0565. The number of fused-ring (bicyclic) bond motifs is 5. The van der Waals surface area contributed by atoms with Crippen LogP contribution in [0.5, 0.6) is 0 Å². The van der Waals surface area contributed by atoms with E-state index in [-0.39, 0.29) is 45.8 Å². The van der Waals surface area contributed by atoms with Gasteiger partial charge < -0.3 is 26.0 Å². The summed E-state index contributed by atoms with van der Waals surface area (Å²) >= 11 is 14.2. The Balaban J connectivity index is 1.19. The summed E-state index contributed by atoms with van der Waals surface area (Å²) in [6, 6.07) is 0. The summed E-state index contributed by atoms with van der Waals surface area (Å²) in [4.78, 5) is 35.1. The summed E-state index contributed by atoms with van der Waals surface area (Å²) < 4.78 is 64.3. The van der Waals surface area contributed by atoms with Gasteiger partial charge in [-0.2, -0.15) is 15.0 Å². The normalized spacial score (nSPS) is 36.0. The van der Waals surface area contributed by atoms with Crippen molar-refractivity contribution in [2.45, 2.75) is 49.4 Å². The number of nitrogens with zero attached hydrogens (tertiary/aromatic N) is 7. The van der Waals surface area contributed by atoms with Gasteiger partial charge >= 0.3 is 13.6 Å². The molecule has 7 heterocycles. The fourth-order valence-electron chi connectivity index (χ4n) is 5.30. The minimum absolute atomic E-state index is 0.0172. The van der Waals surface area contributed by atoms with Gasteiger partial charge in [0.15, 0.2) is 28.9 Å². The molecule has 9 atom stereocenters. The number of aliphatic hydroxyl groups excluding tert-OH is 1. The van der Waals surface area contributed by atoms with Crippen LogP contribution in [0.2, 0.25) is 5.28 Å². The van der Waals surface area contributed by atoms with Crippen LogP contribution < -0.4 is 17.0 Å². The molecule has 3 aliphatic rings. The molecule has 242 valence electrons. The molecule has 25 heteroatoms. The Kier molecular flexibility index (Phi) is 7.94. The molecule has 2 bridgehead atoms. The molecule has 7 rings (SSSR count). The first-order valence-corrected chi connectivity index (χ1v) is 18.7. The van der Waals surface area contributed by atoms with E-state index in [0.717, 1.165) is 0 Å². The monoisotopic (exact) mass is 724 g/mol. The predicted octanol–water partition coefficient (Wildman–Crippen LogP) is 1.22. The van der Waals surface area contributed by atoms with E-state index in [0.29, 0.717) is 0 Å². The summed E-state index contributed by atoms with van der Waals surface area (Å²) in [5, 5.41) is 11.0. The molecule has 3 aliphatic heterocycles. The second-order valence-corrected chi connectivity index (χ2v) is 16.2. The van der Waals surface area contributed by atoms with Crippen molar-refractivity contribution in [3.8, 4) is 0 Å². The number of aliphatic hydroxyl groups is 1. The number of ether oxygens (including phenoxy) is 2. The van der Waals surface area contributed by atoms with Gasteiger partial charge in [0.2, 0.25) is 11.2 Å². The largest absolute Gasteiger partial charge is 0.387 e. The Morgan fingerprint density at radius 3 is 2.38 bits per heavy atom. The number of hydrogen-bond donors (Lipinski definition) is 6. The molecule has 0 amide bonds. The number of thiol groups is 2. The van der Waals surface area contributed by atoms with Crippen LogP contribution in [-0.4, -0.2) is 87.9 Å². The number of aromatic nitrogens is 8. The number of rotatable bonds is 2. The molecule has 3 fully saturated rings. The number of nitrogens with one attached hydrogen (secondary N) is 1. The quantitative estimate of drug-likeness (QED) is 0.0963. The lowest BCUT2D eigenvalue weighted by Crippen LogP contribution is -2.35. The van der Waals surface area contributed by atoms with E-state index in [9.17, 15) is 19.0 Å². The number of imidazole rings is 2. The van der Waals surface area contributed by atoms with Crippen molar-refractivity contribution >= 4 is 83.8 Å². The van der Waals surface area contributed by atoms with Gasteiger partial charge in [0.25, 0.3) is 5.56 Å². The van der Waals surface area contributed by atoms with Gasteiger partial charge in [-0.15, -0.1) is 0 Å². The van der Waals surface area contributed by atoms with Crippen molar-refractivity contribution in [3.63, 3.8) is 0 Å². The molecule has 0 radical (unpaired) electrons. The summed E-state index contributed by atoms with van der Waals surface area (Å²) in [5.41, 5.74) is 11.4. The molecule has 3 unspecified atom stereocenters. The second kappa shape index (κ2) is 11.4. The van der Waals surface area contributed by atoms with Crippen molar-refractivity contribution < 1.29 is 41.8 Å². The fourth-order valence-corrected chi connectivity index (χ4v) is 8.45. The van der Waals surface area contributed by atoms with Gasteiger partial charge in [0, 0.05) is 6.42 Å². The maximum atomic E-state index is 13.5. The lowest BCUT2D eigenvalue weighted by Gasteiger charge is -2.26. The van der Waals surface area contributed by atoms with Gasteiger partial charge in [-0.25, -0.2) is 19.1 Å². The van der Waals surface area contributed by atoms with E-state index < -0.39 is 75.3 Å². The lowest BCUT2D eigenvalue weighted by atomic mass is 10.1. The summed E-state index contributed by atoms with van der Waals surface area (Å²) in [6.07, 6.45) is -5.66. The number of anilines is 2. The summed E-state index contributed by atoms with van der Waals surface area (Å²) in [5.74, 6) is -0.159. The van der Waals surface area contributed by atoms with Crippen LogP contribution >= 0.6 is 49.7 Å². The van der Waals surface area contributed by atoms with E-state index in [1.807, 2.05) is 0 Å². The molecule has 0 aromatic carbocycles. The second-order valence-electron chi connectivity index (χ2n) is 10.1. The Morgan fingerprint density at radius 1 is 0.933 bits per heavy atom. The number of nitrogen functional groups attached to an aromatic ring is 2. The third kappa shape index (κ3) is 5.87. The highest BCUT2D eigenvalue weighted by molar-refractivity contribution is 8.44. The molecular formula is C20H23ClN10O10P2S2. The Hall–Kier alpha value is -2.33. The molecule has 3 saturated heterocycles. The Labute approximate surface area is 266 Å². The molecule has 4 aromatic heterocycles. The Morgan fingerprint density at radius 2 is 1.60 bits per heavy atom. The maximum absolute atomic E-state index is 13.5. The molecule has 45 heavy (non-hydrogen) atoms. The minimum atomic E-state index is -4.30. The number of halogens is 1. The van der Waals surface area contributed by atoms with Crippen molar-refractivity contribution in [1.82, 2.24) is 39.0 Å². The first-order chi connectivity index (χ1) is 21.3. The minimum Gasteiger partial charge on any atom is -0.387 e. The van der Waals surface area contributed by atoms with Gasteiger partial charge in [-0.1, -0.05) is 24.5 Å². The van der Waals surface area contributed by atoms with Gasteiger partial charge in [-0.3, -0.25) is 37.0 Å². The fraction of sp³-hybridized carbons (Fsp3) is 0.500. The highest BCUT2D eigenvalue weighted by atomic mass is 35.5. The third-order valence-electron chi connectivity index (χ3n) is 7.28. The molecule has 4 aromatic rings. The predicted molar refractivity (Wildman–Crippen MR) is 161 cm³/mol. The number of aromatic amines is 1. The average molecular weight is 725 g/mol. The van der Waals surface area contributed by atoms with Crippen LogP contribution in [-0.2, 0) is 36.7 Å². The molecule has 0 saturated carbocycles. The van der Waals surface area contributed by atoms with Crippen LogP contribution in [0.25, 0.3) is 22.3 Å². The van der Waals surface area contributed by atoms with Crippen molar-refractivity contribution in [2.24, 2.45) is 0 Å².